The molecular formula is C26H26ClN3O5. The normalized spacial score (nSPS) is 17.7. The molecule has 0 bridgehead atoms. The molecule has 0 saturated heterocycles. The molecule has 182 valence electrons. The Morgan fingerprint density at radius 2 is 1.83 bits per heavy atom. The summed E-state index contributed by atoms with van der Waals surface area (Å²) in [5.41, 5.74) is 1.21. The molecule has 1 aliphatic rings. The van der Waals surface area contributed by atoms with Crippen molar-refractivity contribution in [3.8, 4) is 22.7 Å². The number of ether oxygens (including phenoxy) is 1. The summed E-state index contributed by atoms with van der Waals surface area (Å²) >= 11 is 6.27. The first-order valence-corrected chi connectivity index (χ1v) is 11.7. The summed E-state index contributed by atoms with van der Waals surface area (Å²) in [4.78, 5) is 43.2. The van der Waals surface area contributed by atoms with Crippen molar-refractivity contribution in [1.29, 1.82) is 0 Å². The molecule has 1 aliphatic carbocycles. The van der Waals surface area contributed by atoms with E-state index in [0.717, 1.165) is 0 Å². The molecule has 1 aromatic heterocycles. The number of carbonyl (C=O) groups is 1. The van der Waals surface area contributed by atoms with Crippen LogP contribution < -0.4 is 16.0 Å². The van der Waals surface area contributed by atoms with Crippen molar-refractivity contribution in [2.45, 2.75) is 38.6 Å². The molecule has 1 N–H and O–H groups in total. The van der Waals surface area contributed by atoms with E-state index in [-0.39, 0.29) is 0 Å². The third-order valence-corrected chi connectivity index (χ3v) is 6.86. The molecule has 0 spiro atoms. The van der Waals surface area contributed by atoms with Gasteiger partial charge in [0.1, 0.15) is 11.4 Å². The van der Waals surface area contributed by atoms with Crippen LogP contribution >= 0.6 is 11.6 Å². The summed E-state index contributed by atoms with van der Waals surface area (Å²) in [6.45, 7) is 5.33. The summed E-state index contributed by atoms with van der Waals surface area (Å²) in [7, 11) is 1.51. The lowest BCUT2D eigenvalue weighted by Gasteiger charge is -2.29. The predicted molar refractivity (Wildman–Crippen MR) is 136 cm³/mol. The maximum atomic E-state index is 14.0. The standard InChI is InChI=1S/C26H26ClN3O5/c1-15-23(20-8-5-9-21(35-3)22(20)28-2)29(19-7-4-6-17(27)14-19)26(34)30(24(15)31)18-12-10-16(11-13-18)25(32)33/h4-9,14,16,18H,2,10-13H2,1,3H3,(H,32,33)/t16-,18-. The quantitative estimate of drug-likeness (QED) is 0.495. The number of benzene rings is 2. The van der Waals surface area contributed by atoms with Crippen molar-refractivity contribution in [3.05, 3.63) is 73.9 Å². The highest BCUT2D eigenvalue weighted by Crippen LogP contribution is 2.39. The van der Waals surface area contributed by atoms with Gasteiger partial charge in [-0.1, -0.05) is 29.8 Å². The number of nitrogens with zero attached hydrogens (tertiary/aromatic N) is 3. The summed E-state index contributed by atoms with van der Waals surface area (Å²) in [6.07, 6.45) is 1.67. The molecule has 1 fully saturated rings. The predicted octanol–water partition coefficient (Wildman–Crippen LogP) is 4.78. The average molecular weight is 496 g/mol. The van der Waals surface area contributed by atoms with E-state index >= 15 is 0 Å². The number of hydrogen-bond acceptors (Lipinski definition) is 5. The first-order chi connectivity index (χ1) is 16.8. The zero-order valence-corrected chi connectivity index (χ0v) is 20.3. The first kappa shape index (κ1) is 24.5. The van der Waals surface area contributed by atoms with Gasteiger partial charge < -0.3 is 9.84 Å². The van der Waals surface area contributed by atoms with Crippen LogP contribution in [0.25, 0.3) is 16.9 Å². The zero-order valence-electron chi connectivity index (χ0n) is 19.5. The largest absolute Gasteiger partial charge is 0.494 e. The Kier molecular flexibility index (Phi) is 6.93. The number of aliphatic imine (C=N–C) groups is 1. The molecule has 2 aromatic carbocycles. The first-order valence-electron chi connectivity index (χ1n) is 11.3. The highest BCUT2D eigenvalue weighted by molar-refractivity contribution is 6.30. The van der Waals surface area contributed by atoms with E-state index in [1.165, 1.54) is 16.2 Å². The second-order valence-electron chi connectivity index (χ2n) is 8.60. The molecule has 8 nitrogen and oxygen atoms in total. The molecule has 0 aliphatic heterocycles. The summed E-state index contributed by atoms with van der Waals surface area (Å²) in [5.74, 6) is -0.852. The van der Waals surface area contributed by atoms with Crippen LogP contribution in [0.3, 0.4) is 0 Å². The Morgan fingerprint density at radius 1 is 1.14 bits per heavy atom. The van der Waals surface area contributed by atoms with Crippen LogP contribution in [0.2, 0.25) is 5.02 Å². The number of carboxylic acids is 1. The molecule has 0 radical (unpaired) electrons. The van der Waals surface area contributed by atoms with Gasteiger partial charge in [-0.25, -0.2) is 4.79 Å². The van der Waals surface area contributed by atoms with E-state index in [4.69, 9.17) is 16.3 Å². The Morgan fingerprint density at radius 3 is 2.43 bits per heavy atom. The SMILES string of the molecule is C=Nc1c(OC)cccc1-c1c(C)c(=O)n([C@H]2CC[C@H](C(=O)O)CC2)c(=O)n1-c1cccc(Cl)c1. The topological polar surface area (TPSA) is 103 Å². The maximum Gasteiger partial charge on any atom is 0.336 e. The van der Waals surface area contributed by atoms with E-state index < -0.39 is 29.2 Å². The minimum atomic E-state index is -0.846. The Balaban J connectivity index is 2.02. The van der Waals surface area contributed by atoms with Gasteiger partial charge in [0.05, 0.1) is 24.4 Å². The monoisotopic (exact) mass is 495 g/mol. The smallest absolute Gasteiger partial charge is 0.336 e. The van der Waals surface area contributed by atoms with Crippen LogP contribution in [0.4, 0.5) is 5.69 Å². The molecule has 35 heavy (non-hydrogen) atoms. The molecule has 1 saturated carbocycles. The number of halogens is 1. The van der Waals surface area contributed by atoms with Gasteiger partial charge in [0, 0.05) is 22.2 Å². The van der Waals surface area contributed by atoms with Gasteiger partial charge in [0.2, 0.25) is 0 Å². The van der Waals surface area contributed by atoms with E-state index in [0.29, 0.717) is 64.7 Å². The number of para-hydroxylation sites is 1. The van der Waals surface area contributed by atoms with Crippen molar-refractivity contribution in [1.82, 2.24) is 9.13 Å². The Hall–Kier alpha value is -3.65. The lowest BCUT2D eigenvalue weighted by molar-refractivity contribution is -0.143. The summed E-state index contributed by atoms with van der Waals surface area (Å²) in [5, 5.41) is 9.79. The summed E-state index contributed by atoms with van der Waals surface area (Å²) in [6, 6.07) is 11.7. The number of hydrogen-bond donors (Lipinski definition) is 1. The molecule has 4 rings (SSSR count). The fourth-order valence-corrected chi connectivity index (χ4v) is 5.05. The Labute approximate surface area is 207 Å². The van der Waals surface area contributed by atoms with E-state index in [1.54, 1.807) is 49.4 Å². The van der Waals surface area contributed by atoms with Gasteiger partial charge >= 0.3 is 11.7 Å². The molecule has 3 aromatic rings. The van der Waals surface area contributed by atoms with Gasteiger partial charge in [0.25, 0.3) is 5.56 Å². The zero-order chi connectivity index (χ0) is 25.3. The lowest BCUT2D eigenvalue weighted by atomic mass is 9.86. The van der Waals surface area contributed by atoms with Gasteiger partial charge in [-0.2, -0.15) is 0 Å². The van der Waals surface area contributed by atoms with Gasteiger partial charge in [-0.05, 0) is 63.6 Å². The molecule has 1 heterocycles. The highest BCUT2D eigenvalue weighted by atomic mass is 35.5. The van der Waals surface area contributed by atoms with Crippen LogP contribution in [0, 0.1) is 12.8 Å². The second kappa shape index (κ2) is 9.92. The minimum absolute atomic E-state index is 0.350. The van der Waals surface area contributed by atoms with E-state index in [2.05, 4.69) is 11.7 Å². The van der Waals surface area contributed by atoms with Gasteiger partial charge in [0.15, 0.2) is 0 Å². The Bertz CT molecular complexity index is 1420. The molecule has 0 unspecified atom stereocenters. The van der Waals surface area contributed by atoms with Crippen LogP contribution in [-0.2, 0) is 4.79 Å². The minimum Gasteiger partial charge on any atom is -0.494 e. The van der Waals surface area contributed by atoms with Gasteiger partial charge in [-0.15, -0.1) is 0 Å². The molecule has 9 heteroatoms. The van der Waals surface area contributed by atoms with Crippen molar-refractivity contribution in [3.63, 3.8) is 0 Å². The van der Waals surface area contributed by atoms with Crippen LogP contribution in [0.15, 0.2) is 57.0 Å². The third kappa shape index (κ3) is 4.41. The number of aliphatic carboxylic acids is 1. The third-order valence-electron chi connectivity index (χ3n) is 6.63. The fourth-order valence-electron chi connectivity index (χ4n) is 4.86. The molecule has 0 amide bonds. The average Bonchev–Trinajstić information content (AvgIpc) is 2.85. The highest BCUT2D eigenvalue weighted by Gasteiger charge is 2.31. The van der Waals surface area contributed by atoms with Crippen LogP contribution in [-0.4, -0.2) is 34.0 Å². The van der Waals surface area contributed by atoms with Gasteiger partial charge in [-0.3, -0.25) is 23.7 Å². The number of methoxy groups -OCH3 is 1. The maximum absolute atomic E-state index is 14.0. The van der Waals surface area contributed by atoms with E-state index in [1.807, 2.05) is 0 Å². The second-order valence-corrected chi connectivity index (χ2v) is 9.04. The van der Waals surface area contributed by atoms with Crippen LogP contribution in [0.1, 0.15) is 37.3 Å². The van der Waals surface area contributed by atoms with Crippen molar-refractivity contribution >= 4 is 30.0 Å². The van der Waals surface area contributed by atoms with E-state index in [9.17, 15) is 19.5 Å². The number of aromatic nitrogens is 2. The van der Waals surface area contributed by atoms with Crippen molar-refractivity contribution < 1.29 is 14.6 Å². The lowest BCUT2D eigenvalue weighted by Crippen LogP contribution is -2.44. The fraction of sp³-hybridized carbons (Fsp3) is 0.308. The van der Waals surface area contributed by atoms with Crippen LogP contribution in [0.5, 0.6) is 5.75 Å². The number of rotatable bonds is 6. The van der Waals surface area contributed by atoms with Crippen molar-refractivity contribution in [2.75, 3.05) is 7.11 Å². The molecule has 0 atom stereocenters. The molecular weight excluding hydrogens is 470 g/mol. The van der Waals surface area contributed by atoms with Crippen molar-refractivity contribution in [2.24, 2.45) is 10.9 Å². The summed E-state index contributed by atoms with van der Waals surface area (Å²) < 4.78 is 8.17. The number of carboxylic acid groups (broad SMARTS) is 1.